The summed E-state index contributed by atoms with van der Waals surface area (Å²) in [6.45, 7) is 7.04. The number of hydrogen-bond acceptors (Lipinski definition) is 3. The Morgan fingerprint density at radius 3 is 1.89 bits per heavy atom. The highest BCUT2D eigenvalue weighted by Crippen LogP contribution is 2.11. The van der Waals surface area contributed by atoms with Crippen LogP contribution in [0.4, 0.5) is 0 Å². The Labute approximate surface area is 55.5 Å². The molecule has 0 aromatic rings. The molecule has 0 saturated heterocycles. The van der Waals surface area contributed by atoms with Gasteiger partial charge in [-0.15, -0.1) is 0 Å². The summed E-state index contributed by atoms with van der Waals surface area (Å²) in [6, 6.07) is 0. The molecule has 0 aromatic heterocycles. The molecule has 0 bridgehead atoms. The van der Waals surface area contributed by atoms with E-state index < -0.39 is 5.79 Å². The van der Waals surface area contributed by atoms with E-state index >= 15 is 0 Å². The second-order valence-corrected chi connectivity index (χ2v) is 2.66. The molecule has 0 saturated carbocycles. The van der Waals surface area contributed by atoms with Crippen molar-refractivity contribution in [2.75, 3.05) is 0 Å². The van der Waals surface area contributed by atoms with Crippen LogP contribution >= 0.6 is 0 Å². The lowest BCUT2D eigenvalue weighted by Crippen LogP contribution is -2.29. The highest BCUT2D eigenvalue weighted by molar-refractivity contribution is 4.51. The second-order valence-electron chi connectivity index (χ2n) is 2.66. The normalized spacial score (nSPS) is 12.7. The number of ether oxygens (including phenoxy) is 1. The predicted molar refractivity (Wildman–Crippen MR) is 34.0 cm³/mol. The monoisotopic (exact) mass is 134 g/mol. The van der Waals surface area contributed by atoms with E-state index in [1.165, 1.54) is 0 Å². The van der Waals surface area contributed by atoms with Crippen LogP contribution in [0.15, 0.2) is 0 Å². The van der Waals surface area contributed by atoms with E-state index in [2.05, 4.69) is 4.89 Å². The molecule has 0 unspecified atom stereocenters. The Balaban J connectivity index is 3.58. The van der Waals surface area contributed by atoms with Crippen LogP contribution in [0.5, 0.6) is 0 Å². The molecule has 0 amide bonds. The van der Waals surface area contributed by atoms with Gasteiger partial charge in [0, 0.05) is 0 Å². The highest BCUT2D eigenvalue weighted by Gasteiger charge is 2.19. The third-order valence-electron chi connectivity index (χ3n) is 0.739. The van der Waals surface area contributed by atoms with Crippen molar-refractivity contribution in [2.24, 2.45) is 0 Å². The summed E-state index contributed by atoms with van der Waals surface area (Å²) >= 11 is 0. The summed E-state index contributed by atoms with van der Waals surface area (Å²) < 4.78 is 5.11. The largest absolute Gasteiger partial charge is 0.345 e. The molecule has 0 radical (unpaired) electrons. The van der Waals surface area contributed by atoms with Crippen LogP contribution in [0.3, 0.4) is 0 Å². The first-order valence-electron chi connectivity index (χ1n) is 2.98. The minimum atomic E-state index is -0.881. The third kappa shape index (κ3) is 4.39. The Bertz CT molecular complexity index is 78.4. The first kappa shape index (κ1) is 8.88. The van der Waals surface area contributed by atoms with E-state index in [1.807, 2.05) is 13.8 Å². The van der Waals surface area contributed by atoms with Gasteiger partial charge in [0.25, 0.3) is 0 Å². The maximum Gasteiger partial charge on any atom is 0.195 e. The van der Waals surface area contributed by atoms with Crippen molar-refractivity contribution >= 4 is 0 Å². The average molecular weight is 134 g/mol. The molecule has 3 nitrogen and oxygen atoms in total. The van der Waals surface area contributed by atoms with Crippen molar-refractivity contribution in [1.29, 1.82) is 0 Å². The molecule has 0 heterocycles. The van der Waals surface area contributed by atoms with Gasteiger partial charge in [-0.3, -0.25) is 0 Å². The van der Waals surface area contributed by atoms with Gasteiger partial charge in [0.05, 0.1) is 6.10 Å². The standard InChI is InChI=1S/C6H14O3/c1-5(2)8-6(3,4)9-7/h5,7H,1-4H3. The zero-order chi connectivity index (χ0) is 7.49. The van der Waals surface area contributed by atoms with E-state index in [9.17, 15) is 0 Å². The number of rotatable bonds is 3. The van der Waals surface area contributed by atoms with E-state index in [0.717, 1.165) is 0 Å². The molecule has 0 aromatic carbocycles. The fourth-order valence-electron chi connectivity index (χ4n) is 0.589. The van der Waals surface area contributed by atoms with Crippen LogP contribution < -0.4 is 0 Å². The van der Waals surface area contributed by atoms with Crippen LogP contribution in [0, 0.1) is 0 Å². The van der Waals surface area contributed by atoms with Gasteiger partial charge in [-0.2, -0.15) is 0 Å². The lowest BCUT2D eigenvalue weighted by Gasteiger charge is -2.23. The molecule has 0 atom stereocenters. The van der Waals surface area contributed by atoms with Gasteiger partial charge >= 0.3 is 0 Å². The van der Waals surface area contributed by atoms with E-state index in [0.29, 0.717) is 0 Å². The molecule has 0 rings (SSSR count). The van der Waals surface area contributed by atoms with Crippen molar-refractivity contribution in [3.8, 4) is 0 Å². The SMILES string of the molecule is CC(C)OC(C)(C)OO. The molecular formula is C6H14O3. The first-order valence-corrected chi connectivity index (χ1v) is 2.98. The van der Waals surface area contributed by atoms with Crippen LogP contribution in [0.1, 0.15) is 27.7 Å². The zero-order valence-corrected chi connectivity index (χ0v) is 6.34. The molecule has 0 aliphatic carbocycles. The van der Waals surface area contributed by atoms with Crippen LogP contribution in [-0.4, -0.2) is 17.1 Å². The van der Waals surface area contributed by atoms with Gasteiger partial charge in [-0.1, -0.05) is 0 Å². The summed E-state index contributed by atoms with van der Waals surface area (Å²) in [5.41, 5.74) is 0. The molecule has 9 heavy (non-hydrogen) atoms. The van der Waals surface area contributed by atoms with Crippen molar-refractivity contribution in [3.63, 3.8) is 0 Å². The van der Waals surface area contributed by atoms with E-state index in [4.69, 9.17) is 9.99 Å². The lowest BCUT2D eigenvalue weighted by molar-refractivity contribution is -0.397. The summed E-state index contributed by atoms with van der Waals surface area (Å²) in [5, 5.41) is 8.22. The topological polar surface area (TPSA) is 38.7 Å². The Hall–Kier alpha value is -0.120. The van der Waals surface area contributed by atoms with Crippen molar-refractivity contribution in [1.82, 2.24) is 0 Å². The molecule has 0 aliphatic heterocycles. The van der Waals surface area contributed by atoms with Gasteiger partial charge in [0.15, 0.2) is 5.79 Å². The average Bonchev–Trinajstić information content (AvgIpc) is 1.63. The molecule has 0 spiro atoms. The second kappa shape index (κ2) is 3.15. The molecule has 1 N–H and O–H groups in total. The fraction of sp³-hybridized carbons (Fsp3) is 1.00. The van der Waals surface area contributed by atoms with Crippen molar-refractivity contribution < 1.29 is 14.9 Å². The van der Waals surface area contributed by atoms with Gasteiger partial charge in [0.2, 0.25) is 0 Å². The van der Waals surface area contributed by atoms with Crippen molar-refractivity contribution in [2.45, 2.75) is 39.6 Å². The van der Waals surface area contributed by atoms with Crippen molar-refractivity contribution in [3.05, 3.63) is 0 Å². The third-order valence-corrected chi connectivity index (χ3v) is 0.739. The Kier molecular flexibility index (Phi) is 3.11. The highest BCUT2D eigenvalue weighted by atomic mass is 17.1. The van der Waals surface area contributed by atoms with E-state index in [1.54, 1.807) is 13.8 Å². The maximum atomic E-state index is 8.22. The maximum absolute atomic E-state index is 8.22. The molecule has 0 aliphatic rings. The summed E-state index contributed by atoms with van der Waals surface area (Å²) in [7, 11) is 0. The molecular weight excluding hydrogens is 120 g/mol. The van der Waals surface area contributed by atoms with E-state index in [-0.39, 0.29) is 6.10 Å². The quantitative estimate of drug-likeness (QED) is 0.362. The van der Waals surface area contributed by atoms with Crippen LogP contribution in [-0.2, 0) is 9.62 Å². The first-order chi connectivity index (χ1) is 3.98. The van der Waals surface area contributed by atoms with Crippen LogP contribution in [0.25, 0.3) is 0 Å². The van der Waals surface area contributed by atoms with Gasteiger partial charge in [-0.25, -0.2) is 10.1 Å². The molecule has 56 valence electrons. The van der Waals surface area contributed by atoms with Gasteiger partial charge < -0.3 is 4.74 Å². The van der Waals surface area contributed by atoms with Crippen LogP contribution in [0.2, 0.25) is 0 Å². The zero-order valence-electron chi connectivity index (χ0n) is 6.34. The fourth-order valence-corrected chi connectivity index (χ4v) is 0.589. The minimum absolute atomic E-state index is 0.0622. The summed E-state index contributed by atoms with van der Waals surface area (Å²) in [6.07, 6.45) is 0.0622. The number of hydrogen-bond donors (Lipinski definition) is 1. The molecule has 0 fully saturated rings. The lowest BCUT2D eigenvalue weighted by atomic mass is 10.3. The molecule has 3 heteroatoms. The summed E-state index contributed by atoms with van der Waals surface area (Å²) in [4.78, 5) is 4.03. The predicted octanol–water partition coefficient (Wildman–Crippen LogP) is 1.64. The Morgan fingerprint density at radius 2 is 1.78 bits per heavy atom. The Morgan fingerprint density at radius 1 is 1.33 bits per heavy atom. The summed E-state index contributed by atoms with van der Waals surface area (Å²) in [5.74, 6) is -0.881. The van der Waals surface area contributed by atoms with Gasteiger partial charge in [-0.05, 0) is 27.7 Å². The van der Waals surface area contributed by atoms with Gasteiger partial charge in [0.1, 0.15) is 0 Å². The smallest absolute Gasteiger partial charge is 0.195 e. The minimum Gasteiger partial charge on any atom is -0.345 e.